The summed E-state index contributed by atoms with van der Waals surface area (Å²) in [5, 5.41) is 10.6. The van der Waals surface area contributed by atoms with Crippen LogP contribution in [0.25, 0.3) is 0 Å². The molecule has 8 nitrogen and oxygen atoms in total. The average Bonchev–Trinajstić information content (AvgIpc) is 3.02. The van der Waals surface area contributed by atoms with Crippen molar-refractivity contribution >= 4 is 27.6 Å². The Bertz CT molecular complexity index is 946. The van der Waals surface area contributed by atoms with E-state index >= 15 is 0 Å². The van der Waals surface area contributed by atoms with Gasteiger partial charge >= 0.3 is 6.03 Å². The Kier molecular flexibility index (Phi) is 5.96. The Morgan fingerprint density at radius 1 is 1.11 bits per heavy atom. The van der Waals surface area contributed by atoms with Crippen LogP contribution in [0.4, 0.5) is 10.5 Å². The van der Waals surface area contributed by atoms with Crippen LogP contribution in [0.3, 0.4) is 0 Å². The van der Waals surface area contributed by atoms with E-state index in [1.54, 1.807) is 17.0 Å². The highest BCUT2D eigenvalue weighted by Crippen LogP contribution is 2.20. The topological polar surface area (TPSA) is 122 Å². The average molecular weight is 402 g/mol. The highest BCUT2D eigenvalue weighted by molar-refractivity contribution is 7.89. The molecule has 1 saturated heterocycles. The first-order valence-electron chi connectivity index (χ1n) is 8.84. The maximum Gasteiger partial charge on any atom is 0.315 e. The molecule has 3 amide bonds. The molecule has 9 heteroatoms. The van der Waals surface area contributed by atoms with Gasteiger partial charge in [-0.25, -0.2) is 18.4 Å². The van der Waals surface area contributed by atoms with Gasteiger partial charge in [0.2, 0.25) is 15.9 Å². The van der Waals surface area contributed by atoms with E-state index in [2.05, 4.69) is 10.6 Å². The lowest BCUT2D eigenvalue weighted by atomic mass is 10.1. The fourth-order valence-corrected chi connectivity index (χ4v) is 3.58. The Labute approximate surface area is 163 Å². The molecule has 1 aliphatic rings. The van der Waals surface area contributed by atoms with E-state index in [1.165, 1.54) is 12.1 Å². The van der Waals surface area contributed by atoms with E-state index in [0.717, 1.165) is 11.3 Å². The molecule has 0 aromatic heterocycles. The number of amides is 3. The minimum Gasteiger partial charge on any atom is -0.338 e. The third-order valence-corrected chi connectivity index (χ3v) is 5.41. The van der Waals surface area contributed by atoms with E-state index in [1.807, 2.05) is 30.3 Å². The first kappa shape index (κ1) is 19.8. The maximum absolute atomic E-state index is 12.2. The zero-order valence-electron chi connectivity index (χ0n) is 15.2. The number of benzene rings is 2. The number of carbonyl (C=O) groups is 2. The first-order chi connectivity index (χ1) is 13.3. The molecule has 2 aromatic carbocycles. The second-order valence-electron chi connectivity index (χ2n) is 6.58. The molecule has 0 radical (unpaired) electrons. The predicted molar refractivity (Wildman–Crippen MR) is 105 cm³/mol. The fraction of sp³-hybridized carbons (Fsp3) is 0.263. The van der Waals surface area contributed by atoms with Gasteiger partial charge in [-0.1, -0.05) is 30.3 Å². The van der Waals surface area contributed by atoms with Crippen LogP contribution in [0.2, 0.25) is 0 Å². The largest absolute Gasteiger partial charge is 0.338 e. The van der Waals surface area contributed by atoms with E-state index in [9.17, 15) is 18.0 Å². The lowest BCUT2D eigenvalue weighted by molar-refractivity contribution is -0.117. The molecule has 0 saturated carbocycles. The van der Waals surface area contributed by atoms with Crippen LogP contribution >= 0.6 is 0 Å². The van der Waals surface area contributed by atoms with Gasteiger partial charge in [0.05, 0.1) is 10.9 Å². The summed E-state index contributed by atoms with van der Waals surface area (Å²) in [6, 6.07) is 14.9. The molecule has 148 valence electrons. The summed E-state index contributed by atoms with van der Waals surface area (Å²) in [7, 11) is -3.71. The van der Waals surface area contributed by atoms with Crippen molar-refractivity contribution in [3.05, 3.63) is 60.2 Å². The van der Waals surface area contributed by atoms with Crippen LogP contribution in [-0.4, -0.2) is 39.5 Å². The number of hydrogen-bond donors (Lipinski definition) is 3. The molecule has 3 rings (SSSR count). The first-order valence-corrected chi connectivity index (χ1v) is 10.4. The monoisotopic (exact) mass is 402 g/mol. The number of primary sulfonamides is 1. The van der Waals surface area contributed by atoms with Gasteiger partial charge in [0, 0.05) is 25.2 Å². The lowest BCUT2D eigenvalue weighted by Gasteiger charge is -2.17. The highest BCUT2D eigenvalue weighted by Gasteiger charge is 2.31. The van der Waals surface area contributed by atoms with Crippen molar-refractivity contribution in [2.45, 2.75) is 23.8 Å². The zero-order chi connectivity index (χ0) is 20.1. The van der Waals surface area contributed by atoms with Crippen molar-refractivity contribution in [2.24, 2.45) is 5.14 Å². The molecule has 0 aliphatic carbocycles. The number of rotatable bonds is 6. The minimum atomic E-state index is -3.71. The highest BCUT2D eigenvalue weighted by atomic mass is 32.2. The smallest absolute Gasteiger partial charge is 0.315 e. The second-order valence-corrected chi connectivity index (χ2v) is 8.14. The molecule has 1 fully saturated rings. The Morgan fingerprint density at radius 3 is 2.43 bits per heavy atom. The molecular formula is C19H22N4O4S. The second kappa shape index (κ2) is 8.41. The number of nitrogens with zero attached hydrogens (tertiary/aromatic N) is 1. The molecule has 1 heterocycles. The van der Waals surface area contributed by atoms with E-state index < -0.39 is 10.0 Å². The summed E-state index contributed by atoms with van der Waals surface area (Å²) in [4.78, 5) is 26.0. The molecule has 2 aromatic rings. The molecular weight excluding hydrogens is 380 g/mol. The fourth-order valence-electron chi connectivity index (χ4n) is 3.06. The van der Waals surface area contributed by atoms with E-state index in [0.29, 0.717) is 19.5 Å². The molecule has 0 unspecified atom stereocenters. The van der Waals surface area contributed by atoms with Gasteiger partial charge in [0.1, 0.15) is 0 Å². The van der Waals surface area contributed by atoms with Gasteiger partial charge in [-0.15, -0.1) is 0 Å². The van der Waals surface area contributed by atoms with E-state index in [-0.39, 0.29) is 29.3 Å². The Hall–Kier alpha value is -2.91. The summed E-state index contributed by atoms with van der Waals surface area (Å²) in [6.45, 7) is 0.814. The zero-order valence-corrected chi connectivity index (χ0v) is 16.0. The number of nitrogens with two attached hydrogens (primary N) is 1. The van der Waals surface area contributed by atoms with Crippen molar-refractivity contribution in [3.8, 4) is 0 Å². The van der Waals surface area contributed by atoms with Gasteiger partial charge in [0.15, 0.2) is 0 Å². The van der Waals surface area contributed by atoms with Gasteiger partial charge < -0.3 is 15.5 Å². The van der Waals surface area contributed by atoms with Crippen LogP contribution in [0.1, 0.15) is 12.0 Å². The number of urea groups is 1. The van der Waals surface area contributed by atoms with Crippen LogP contribution in [0.15, 0.2) is 59.5 Å². The number of para-hydroxylation sites is 1. The van der Waals surface area contributed by atoms with Gasteiger partial charge in [-0.2, -0.15) is 0 Å². The number of nitrogens with one attached hydrogen (secondary N) is 2. The SMILES string of the molecule is NS(=O)(=O)c1ccc(CCNC(=O)N[C@@H]2CC(=O)N(c3ccccc3)C2)cc1. The normalized spacial score (nSPS) is 16.8. The van der Waals surface area contributed by atoms with Gasteiger partial charge in [-0.05, 0) is 36.2 Å². The quantitative estimate of drug-likeness (QED) is 0.667. The Balaban J connectivity index is 1.44. The summed E-state index contributed by atoms with van der Waals surface area (Å²) in [5.74, 6) is -0.0218. The molecule has 0 bridgehead atoms. The van der Waals surface area contributed by atoms with Crippen LogP contribution in [0.5, 0.6) is 0 Å². The standard InChI is InChI=1S/C19H22N4O4S/c20-28(26,27)17-8-6-14(7-9-17)10-11-21-19(25)22-15-12-18(24)23(13-15)16-4-2-1-3-5-16/h1-9,15H,10-13H2,(H2,20,26,27)(H2,21,22,25)/t15-/m1/s1. The van der Waals surface area contributed by atoms with Crippen molar-refractivity contribution in [2.75, 3.05) is 18.0 Å². The third kappa shape index (κ3) is 5.08. The number of carbonyl (C=O) groups excluding carboxylic acids is 2. The van der Waals surface area contributed by atoms with Crippen molar-refractivity contribution in [1.82, 2.24) is 10.6 Å². The molecule has 4 N–H and O–H groups in total. The molecule has 1 aliphatic heterocycles. The third-order valence-electron chi connectivity index (χ3n) is 4.48. The minimum absolute atomic E-state index is 0.0218. The summed E-state index contributed by atoms with van der Waals surface area (Å²) in [5.41, 5.74) is 1.69. The van der Waals surface area contributed by atoms with E-state index in [4.69, 9.17) is 5.14 Å². The lowest BCUT2D eigenvalue weighted by Crippen LogP contribution is -2.43. The van der Waals surface area contributed by atoms with Crippen LogP contribution in [0, 0.1) is 0 Å². The number of hydrogen-bond acceptors (Lipinski definition) is 4. The van der Waals surface area contributed by atoms with Crippen molar-refractivity contribution in [3.63, 3.8) is 0 Å². The van der Waals surface area contributed by atoms with Crippen LogP contribution < -0.4 is 20.7 Å². The van der Waals surface area contributed by atoms with Crippen molar-refractivity contribution in [1.29, 1.82) is 0 Å². The molecule has 1 atom stereocenters. The number of sulfonamides is 1. The Morgan fingerprint density at radius 2 is 1.79 bits per heavy atom. The number of anilines is 1. The van der Waals surface area contributed by atoms with Gasteiger partial charge in [-0.3, -0.25) is 4.79 Å². The molecule has 0 spiro atoms. The summed E-state index contributed by atoms with van der Waals surface area (Å²) in [6.07, 6.45) is 0.801. The summed E-state index contributed by atoms with van der Waals surface area (Å²) >= 11 is 0. The van der Waals surface area contributed by atoms with Gasteiger partial charge in [0.25, 0.3) is 0 Å². The summed E-state index contributed by atoms with van der Waals surface area (Å²) < 4.78 is 22.5. The molecule has 28 heavy (non-hydrogen) atoms. The van der Waals surface area contributed by atoms with Crippen molar-refractivity contribution < 1.29 is 18.0 Å². The maximum atomic E-state index is 12.2. The van der Waals surface area contributed by atoms with Crippen LogP contribution in [-0.2, 0) is 21.2 Å². The predicted octanol–water partition coefficient (Wildman–Crippen LogP) is 0.981.